The van der Waals surface area contributed by atoms with E-state index in [2.05, 4.69) is 21.2 Å². The maximum Gasteiger partial charge on any atom is 0.273 e. The summed E-state index contributed by atoms with van der Waals surface area (Å²) in [6, 6.07) is 15.8. The lowest BCUT2D eigenvalue weighted by atomic mass is 10.1. The van der Waals surface area contributed by atoms with Crippen LogP contribution in [0.5, 0.6) is 5.75 Å². The third-order valence-electron chi connectivity index (χ3n) is 7.04. The number of carbonyl (C=O) groups excluding carboxylic acids is 2. The van der Waals surface area contributed by atoms with E-state index < -0.39 is 33.4 Å². The summed E-state index contributed by atoms with van der Waals surface area (Å²) in [5.41, 5.74) is 0.789. The van der Waals surface area contributed by atoms with E-state index in [9.17, 15) is 28.1 Å². The van der Waals surface area contributed by atoms with Crippen LogP contribution in [0, 0.1) is 17.0 Å². The Morgan fingerprint density at radius 2 is 1.67 bits per heavy atom. The first kappa shape index (κ1) is 33.5. The molecule has 43 heavy (non-hydrogen) atoms. The number of aryl methyl sites for hydroxylation is 1. The molecule has 0 heterocycles. The van der Waals surface area contributed by atoms with Gasteiger partial charge in [0.05, 0.1) is 22.6 Å². The molecule has 0 aliphatic carbocycles. The van der Waals surface area contributed by atoms with Crippen LogP contribution in [0.4, 0.5) is 11.4 Å². The molecule has 0 saturated carbocycles. The third-order valence-corrected chi connectivity index (χ3v) is 9.34. The molecule has 3 aromatic carbocycles. The number of amides is 2. The second-order valence-corrected chi connectivity index (χ2v) is 12.8. The maximum absolute atomic E-state index is 14.0. The minimum absolute atomic E-state index is 0.0354. The SMILES string of the molecule is CC[C@H](C)NC(=O)[C@@H](C)N(Cc1ccc(Br)cc1)C(=O)CN(c1ccc(OC)cc1)S(=O)(=O)c1ccc(C)c([N+](=O)[O-])c1. The molecule has 0 bridgehead atoms. The van der Waals surface area contributed by atoms with Crippen LogP contribution in [0.15, 0.2) is 76.1 Å². The number of nitro groups is 1. The number of hydrogen-bond donors (Lipinski definition) is 1. The van der Waals surface area contributed by atoms with Crippen molar-refractivity contribution in [2.24, 2.45) is 0 Å². The predicted molar refractivity (Wildman–Crippen MR) is 167 cm³/mol. The molecule has 0 radical (unpaired) electrons. The van der Waals surface area contributed by atoms with Crippen LogP contribution in [0.25, 0.3) is 0 Å². The maximum atomic E-state index is 14.0. The zero-order valence-corrected chi connectivity index (χ0v) is 27.0. The monoisotopic (exact) mass is 674 g/mol. The van der Waals surface area contributed by atoms with Gasteiger partial charge in [-0.2, -0.15) is 0 Å². The van der Waals surface area contributed by atoms with Crippen molar-refractivity contribution in [3.63, 3.8) is 0 Å². The summed E-state index contributed by atoms with van der Waals surface area (Å²) in [4.78, 5) is 39.1. The molecule has 2 atom stereocenters. The highest BCUT2D eigenvalue weighted by Crippen LogP contribution is 2.29. The van der Waals surface area contributed by atoms with Crippen molar-refractivity contribution >= 4 is 49.1 Å². The van der Waals surface area contributed by atoms with E-state index in [0.717, 1.165) is 20.4 Å². The molecule has 3 rings (SSSR count). The van der Waals surface area contributed by atoms with Gasteiger partial charge in [-0.05, 0) is 75.2 Å². The van der Waals surface area contributed by atoms with E-state index >= 15 is 0 Å². The summed E-state index contributed by atoms with van der Waals surface area (Å²) >= 11 is 3.39. The van der Waals surface area contributed by atoms with E-state index in [1.807, 2.05) is 13.8 Å². The fraction of sp³-hybridized carbons (Fsp3) is 0.333. The first-order valence-corrected chi connectivity index (χ1v) is 15.8. The number of hydrogen-bond acceptors (Lipinski definition) is 7. The van der Waals surface area contributed by atoms with Crippen molar-refractivity contribution in [1.82, 2.24) is 10.2 Å². The lowest BCUT2D eigenvalue weighted by molar-refractivity contribution is -0.385. The van der Waals surface area contributed by atoms with E-state index in [0.29, 0.717) is 12.2 Å². The van der Waals surface area contributed by atoms with Crippen LogP contribution in [-0.4, -0.2) is 55.8 Å². The molecule has 0 aliphatic heterocycles. The molecule has 1 N–H and O–H groups in total. The Hall–Kier alpha value is -3.97. The number of anilines is 1. The molecule has 0 aromatic heterocycles. The first-order chi connectivity index (χ1) is 20.3. The molecule has 0 aliphatic rings. The van der Waals surface area contributed by atoms with Gasteiger partial charge in [0.2, 0.25) is 11.8 Å². The Labute approximate surface area is 260 Å². The van der Waals surface area contributed by atoms with Gasteiger partial charge in [0.15, 0.2) is 0 Å². The smallest absolute Gasteiger partial charge is 0.273 e. The third kappa shape index (κ3) is 8.32. The summed E-state index contributed by atoms with van der Waals surface area (Å²) in [6.07, 6.45) is 0.686. The normalized spacial score (nSPS) is 12.6. The lowest BCUT2D eigenvalue weighted by Crippen LogP contribution is -2.52. The Morgan fingerprint density at radius 1 is 1.05 bits per heavy atom. The average molecular weight is 676 g/mol. The van der Waals surface area contributed by atoms with Crippen LogP contribution in [0.3, 0.4) is 0 Å². The summed E-state index contributed by atoms with van der Waals surface area (Å²) in [5, 5.41) is 14.5. The number of benzene rings is 3. The van der Waals surface area contributed by atoms with E-state index in [1.54, 1.807) is 43.3 Å². The number of ether oxygens (including phenoxy) is 1. The zero-order valence-electron chi connectivity index (χ0n) is 24.6. The molecule has 0 fully saturated rings. The Balaban J connectivity index is 2.08. The van der Waals surface area contributed by atoms with Crippen molar-refractivity contribution in [2.75, 3.05) is 18.0 Å². The first-order valence-electron chi connectivity index (χ1n) is 13.5. The summed E-state index contributed by atoms with van der Waals surface area (Å²) in [5.74, 6) is -0.561. The topological polar surface area (TPSA) is 139 Å². The van der Waals surface area contributed by atoms with Crippen LogP contribution < -0.4 is 14.4 Å². The van der Waals surface area contributed by atoms with Gasteiger partial charge in [0, 0.05) is 28.7 Å². The lowest BCUT2D eigenvalue weighted by Gasteiger charge is -2.32. The molecule has 0 spiro atoms. The van der Waals surface area contributed by atoms with Gasteiger partial charge in [0.1, 0.15) is 18.3 Å². The quantitative estimate of drug-likeness (QED) is 0.194. The number of nitro benzene ring substituents is 1. The number of carbonyl (C=O) groups is 2. The van der Waals surface area contributed by atoms with Crippen molar-refractivity contribution in [3.05, 3.63) is 92.4 Å². The zero-order chi connectivity index (χ0) is 31.9. The van der Waals surface area contributed by atoms with Crippen molar-refractivity contribution in [3.8, 4) is 5.75 Å². The molecule has 0 unspecified atom stereocenters. The molecular weight excluding hydrogens is 640 g/mol. The second kappa shape index (κ2) is 14.5. The number of rotatable bonds is 13. The highest BCUT2D eigenvalue weighted by molar-refractivity contribution is 9.10. The molecule has 2 amide bonds. The van der Waals surface area contributed by atoms with Gasteiger partial charge in [-0.15, -0.1) is 0 Å². The Morgan fingerprint density at radius 3 is 2.23 bits per heavy atom. The Kier molecular flexibility index (Phi) is 11.3. The van der Waals surface area contributed by atoms with Crippen LogP contribution in [0.2, 0.25) is 0 Å². The number of nitrogens with zero attached hydrogens (tertiary/aromatic N) is 3. The summed E-state index contributed by atoms with van der Waals surface area (Å²) in [7, 11) is -3.03. The van der Waals surface area contributed by atoms with E-state index in [4.69, 9.17) is 4.74 Å². The summed E-state index contributed by atoms with van der Waals surface area (Å²) < 4.78 is 35.0. The van der Waals surface area contributed by atoms with Crippen molar-refractivity contribution in [1.29, 1.82) is 0 Å². The highest BCUT2D eigenvalue weighted by atomic mass is 79.9. The summed E-state index contributed by atoms with van der Waals surface area (Å²) in [6.45, 7) is 6.23. The van der Waals surface area contributed by atoms with Crippen molar-refractivity contribution in [2.45, 2.75) is 57.6 Å². The molecule has 11 nitrogen and oxygen atoms in total. The predicted octanol–water partition coefficient (Wildman–Crippen LogP) is 5.20. The Bertz CT molecular complexity index is 1560. The molecule has 230 valence electrons. The molecule has 3 aromatic rings. The van der Waals surface area contributed by atoms with Crippen LogP contribution in [0.1, 0.15) is 38.3 Å². The van der Waals surface area contributed by atoms with Gasteiger partial charge in [-0.1, -0.05) is 41.1 Å². The second-order valence-electron chi connectivity index (χ2n) is 10.1. The standard InChI is InChI=1S/C30H35BrN4O7S/c1-6-21(3)32-30(37)22(4)33(18-23-8-10-24(31)11-9-23)29(36)19-34(25-12-14-26(42-5)15-13-25)43(40,41)27-16-7-20(2)28(17-27)35(38)39/h7-17,21-22H,6,18-19H2,1-5H3,(H,32,37)/t21-,22+/m0/s1. The van der Waals surface area contributed by atoms with Gasteiger partial charge in [-0.25, -0.2) is 8.42 Å². The molecule has 13 heteroatoms. The van der Waals surface area contributed by atoms with Gasteiger partial charge in [0.25, 0.3) is 15.7 Å². The minimum atomic E-state index is -4.49. The van der Waals surface area contributed by atoms with E-state index in [-0.39, 0.29) is 40.3 Å². The average Bonchev–Trinajstić information content (AvgIpc) is 2.98. The van der Waals surface area contributed by atoms with Gasteiger partial charge in [-0.3, -0.25) is 24.0 Å². The van der Waals surface area contributed by atoms with Gasteiger partial charge >= 0.3 is 0 Å². The fourth-order valence-electron chi connectivity index (χ4n) is 4.19. The van der Waals surface area contributed by atoms with Crippen LogP contribution >= 0.6 is 15.9 Å². The molecule has 0 saturated heterocycles. The number of nitrogens with one attached hydrogen (secondary N) is 1. The van der Waals surface area contributed by atoms with Gasteiger partial charge < -0.3 is 15.0 Å². The number of methoxy groups -OCH3 is 1. The minimum Gasteiger partial charge on any atom is -0.497 e. The highest BCUT2D eigenvalue weighted by Gasteiger charge is 2.33. The molecular formula is C30H35BrN4O7S. The fourth-order valence-corrected chi connectivity index (χ4v) is 5.88. The van der Waals surface area contributed by atoms with Crippen LogP contribution in [-0.2, 0) is 26.2 Å². The largest absolute Gasteiger partial charge is 0.497 e. The number of halogens is 1. The van der Waals surface area contributed by atoms with Crippen molar-refractivity contribution < 1.29 is 27.7 Å². The van der Waals surface area contributed by atoms with E-state index in [1.165, 1.54) is 43.2 Å². The number of sulfonamides is 1.